The molecule has 0 unspecified atom stereocenters. The summed E-state index contributed by atoms with van der Waals surface area (Å²) in [5, 5.41) is 0. The van der Waals surface area contributed by atoms with Gasteiger partial charge >= 0.3 is 24.6 Å². The molecule has 1 N–H and O–H groups in total. The van der Waals surface area contributed by atoms with Crippen LogP contribution in [-0.4, -0.2) is 43.4 Å². The number of pyridine rings is 1. The Bertz CT molecular complexity index is 1670. The normalized spacial score (nSPS) is 12.9. The Morgan fingerprint density at radius 3 is 2.05 bits per heavy atom. The topological polar surface area (TPSA) is 104 Å². The number of nitrogens with zero attached hydrogens (tertiary/aromatic N) is 5. The molecular formula is C25H19F9N6O3. The Morgan fingerprint density at radius 1 is 0.860 bits per heavy atom. The number of aromatic nitrogens is 5. The molecule has 1 aromatic carbocycles. The van der Waals surface area contributed by atoms with Crippen molar-refractivity contribution in [1.29, 1.82) is 0 Å². The van der Waals surface area contributed by atoms with Gasteiger partial charge < -0.3 is 9.47 Å². The maximum atomic E-state index is 14.2. The van der Waals surface area contributed by atoms with Crippen molar-refractivity contribution in [3.05, 3.63) is 53.5 Å². The van der Waals surface area contributed by atoms with Gasteiger partial charge in [-0.1, -0.05) is 0 Å². The highest BCUT2D eigenvalue weighted by atomic mass is 19.4. The number of hydrogen-bond acceptors (Lipinski definition) is 7. The zero-order chi connectivity index (χ0) is 32.1. The minimum atomic E-state index is -5.22. The highest BCUT2D eigenvalue weighted by molar-refractivity contribution is 5.87. The second-order valence-electron chi connectivity index (χ2n) is 9.79. The summed E-state index contributed by atoms with van der Waals surface area (Å²) >= 11 is 0. The van der Waals surface area contributed by atoms with Crippen molar-refractivity contribution in [2.24, 2.45) is 0 Å². The van der Waals surface area contributed by atoms with E-state index < -0.39 is 75.7 Å². The fourth-order valence-electron chi connectivity index (χ4n) is 3.71. The lowest BCUT2D eigenvalue weighted by Crippen LogP contribution is -2.32. The highest BCUT2D eigenvalue weighted by Crippen LogP contribution is 2.40. The SMILES string of the molecule is COc1cc(C(F)(F)F)ccc1-c1nc2c(C(F)(F)F)nc(-c3ccc(C(F)(F)F)nc3)nc2n1NC(=O)OC(C)(C)C. The zero-order valence-corrected chi connectivity index (χ0v) is 22.3. The Morgan fingerprint density at radius 2 is 1.53 bits per heavy atom. The standard InChI is InChI=1S/C25H19F9N6O3/c1-22(2,3)43-21(41)39-40-19(13-7-6-12(23(26,27)28)9-14(13)42-4)36-16-17(25(32,33)34)37-18(38-20(16)40)11-5-8-15(35-10-11)24(29,30)31/h5-10H,1-4H3,(H,39,41). The third-order valence-corrected chi connectivity index (χ3v) is 5.46. The molecule has 0 aliphatic carbocycles. The molecule has 0 fully saturated rings. The maximum absolute atomic E-state index is 14.2. The summed E-state index contributed by atoms with van der Waals surface area (Å²) in [7, 11) is 1.00. The van der Waals surface area contributed by atoms with Gasteiger partial charge in [0.25, 0.3) is 0 Å². The lowest BCUT2D eigenvalue weighted by atomic mass is 10.1. The number of fused-ring (bicyclic) bond motifs is 1. The summed E-state index contributed by atoms with van der Waals surface area (Å²) in [5.41, 5.74) is -5.42. The van der Waals surface area contributed by atoms with Gasteiger partial charge in [-0.15, -0.1) is 0 Å². The number of nitrogens with one attached hydrogen (secondary N) is 1. The predicted molar refractivity (Wildman–Crippen MR) is 131 cm³/mol. The molecule has 0 saturated heterocycles. The van der Waals surface area contributed by atoms with Crippen molar-refractivity contribution in [3.63, 3.8) is 0 Å². The van der Waals surface area contributed by atoms with E-state index in [-0.39, 0.29) is 11.1 Å². The Hall–Kier alpha value is -4.64. The molecule has 230 valence electrons. The number of hydrogen-bond donors (Lipinski definition) is 1. The fourth-order valence-corrected chi connectivity index (χ4v) is 3.71. The van der Waals surface area contributed by atoms with Crippen LogP contribution in [0.4, 0.5) is 44.3 Å². The molecule has 0 aliphatic rings. The first kappa shape index (κ1) is 31.3. The smallest absolute Gasteiger partial charge is 0.435 e. The second-order valence-corrected chi connectivity index (χ2v) is 9.79. The number of carbonyl (C=O) groups is 1. The van der Waals surface area contributed by atoms with Crippen molar-refractivity contribution in [1.82, 2.24) is 24.6 Å². The van der Waals surface area contributed by atoms with E-state index in [0.29, 0.717) is 29.1 Å². The molecule has 43 heavy (non-hydrogen) atoms. The fraction of sp³-hybridized carbons (Fsp3) is 0.320. The molecule has 4 aromatic rings. The first-order chi connectivity index (χ1) is 19.7. The van der Waals surface area contributed by atoms with E-state index in [0.717, 1.165) is 19.2 Å². The van der Waals surface area contributed by atoms with Crippen molar-refractivity contribution < 1.29 is 53.8 Å². The van der Waals surface area contributed by atoms with Gasteiger partial charge in [-0.2, -0.15) is 39.5 Å². The number of methoxy groups -OCH3 is 1. The van der Waals surface area contributed by atoms with Crippen molar-refractivity contribution in [2.75, 3.05) is 12.5 Å². The summed E-state index contributed by atoms with van der Waals surface area (Å²) < 4.78 is 132. The monoisotopic (exact) mass is 622 g/mol. The minimum absolute atomic E-state index is 0.296. The van der Waals surface area contributed by atoms with Crippen LogP contribution in [0.3, 0.4) is 0 Å². The molecule has 3 aromatic heterocycles. The van der Waals surface area contributed by atoms with E-state index >= 15 is 0 Å². The molecule has 9 nitrogen and oxygen atoms in total. The molecule has 0 radical (unpaired) electrons. The van der Waals surface area contributed by atoms with Crippen LogP contribution in [-0.2, 0) is 23.3 Å². The molecule has 0 saturated carbocycles. The van der Waals surface area contributed by atoms with Gasteiger partial charge in [-0.3, -0.25) is 4.98 Å². The molecule has 18 heteroatoms. The minimum Gasteiger partial charge on any atom is -0.496 e. The van der Waals surface area contributed by atoms with Gasteiger partial charge in [0, 0.05) is 11.8 Å². The van der Waals surface area contributed by atoms with Crippen LogP contribution in [0, 0.1) is 0 Å². The summed E-state index contributed by atoms with van der Waals surface area (Å²) in [5.74, 6) is -1.79. The number of ether oxygens (including phenoxy) is 2. The maximum Gasteiger partial charge on any atom is 0.435 e. The van der Waals surface area contributed by atoms with Gasteiger partial charge in [0.05, 0.1) is 18.2 Å². The van der Waals surface area contributed by atoms with E-state index in [1.54, 1.807) is 0 Å². The molecule has 0 aliphatic heterocycles. The Kier molecular flexibility index (Phi) is 7.69. The number of alkyl halides is 9. The van der Waals surface area contributed by atoms with Gasteiger partial charge in [-0.05, 0) is 51.1 Å². The zero-order valence-electron chi connectivity index (χ0n) is 22.3. The first-order valence-electron chi connectivity index (χ1n) is 11.9. The van der Waals surface area contributed by atoms with Gasteiger partial charge in [0.15, 0.2) is 23.0 Å². The lowest BCUT2D eigenvalue weighted by Gasteiger charge is -2.21. The Labute approximate surface area is 235 Å². The van der Waals surface area contributed by atoms with E-state index in [1.165, 1.54) is 20.8 Å². The van der Waals surface area contributed by atoms with E-state index in [1.807, 2.05) is 0 Å². The number of imidazole rings is 1. The van der Waals surface area contributed by atoms with Crippen LogP contribution in [0.25, 0.3) is 33.9 Å². The molecule has 4 rings (SSSR count). The van der Waals surface area contributed by atoms with Crippen LogP contribution >= 0.6 is 0 Å². The predicted octanol–water partition coefficient (Wildman–Crippen LogP) is 7.10. The molecule has 0 bridgehead atoms. The van der Waals surface area contributed by atoms with Crippen LogP contribution < -0.4 is 10.2 Å². The van der Waals surface area contributed by atoms with Crippen molar-refractivity contribution in [3.8, 4) is 28.5 Å². The van der Waals surface area contributed by atoms with Gasteiger partial charge in [0.2, 0.25) is 0 Å². The van der Waals surface area contributed by atoms with Crippen LogP contribution in [0.1, 0.15) is 37.7 Å². The second kappa shape index (κ2) is 10.6. The Balaban J connectivity index is 2.03. The van der Waals surface area contributed by atoms with E-state index in [9.17, 15) is 44.3 Å². The van der Waals surface area contributed by atoms with Crippen LogP contribution in [0.2, 0.25) is 0 Å². The average Bonchev–Trinajstić information content (AvgIpc) is 3.22. The average molecular weight is 622 g/mol. The van der Waals surface area contributed by atoms with Crippen molar-refractivity contribution >= 4 is 17.3 Å². The molecule has 0 spiro atoms. The number of benzene rings is 1. The molecule has 3 heterocycles. The number of carbonyl (C=O) groups excluding carboxylic acids is 1. The number of rotatable bonds is 4. The highest BCUT2D eigenvalue weighted by Gasteiger charge is 2.39. The quantitative estimate of drug-likeness (QED) is 0.242. The third kappa shape index (κ3) is 6.72. The van der Waals surface area contributed by atoms with Gasteiger partial charge in [0.1, 0.15) is 22.6 Å². The molecule has 1 amide bonds. The number of halogens is 9. The van der Waals surface area contributed by atoms with E-state index in [4.69, 9.17) is 9.47 Å². The largest absolute Gasteiger partial charge is 0.496 e. The summed E-state index contributed by atoms with van der Waals surface area (Å²) in [6, 6.07) is 3.34. The number of amides is 1. The summed E-state index contributed by atoms with van der Waals surface area (Å²) in [6.45, 7) is 4.45. The van der Waals surface area contributed by atoms with Crippen molar-refractivity contribution in [2.45, 2.75) is 44.9 Å². The summed E-state index contributed by atoms with van der Waals surface area (Å²) in [6.07, 6.45) is -15.5. The third-order valence-electron chi connectivity index (χ3n) is 5.46. The van der Waals surface area contributed by atoms with E-state index in [2.05, 4.69) is 25.4 Å². The first-order valence-corrected chi connectivity index (χ1v) is 11.9. The molecular weight excluding hydrogens is 603 g/mol. The van der Waals surface area contributed by atoms with Crippen LogP contribution in [0.5, 0.6) is 5.75 Å². The van der Waals surface area contributed by atoms with Gasteiger partial charge in [-0.25, -0.2) is 29.8 Å². The van der Waals surface area contributed by atoms with Crippen LogP contribution in [0.15, 0.2) is 36.5 Å². The summed E-state index contributed by atoms with van der Waals surface area (Å²) in [4.78, 5) is 27.3. The lowest BCUT2D eigenvalue weighted by molar-refractivity contribution is -0.141. The molecule has 0 atom stereocenters.